The number of benzene rings is 2. The molecular weight excluding hydrogens is 632 g/mol. The first kappa shape index (κ1) is 32.5. The summed E-state index contributed by atoms with van der Waals surface area (Å²) in [4.78, 5) is 16.1. The Hall–Kier alpha value is -3.01. The van der Waals surface area contributed by atoms with Crippen molar-refractivity contribution in [2.75, 3.05) is 24.6 Å². The number of nitrogens with zero attached hydrogens (tertiary/aromatic N) is 3. The van der Waals surface area contributed by atoms with Crippen molar-refractivity contribution in [1.29, 1.82) is 0 Å². The Kier molecular flexibility index (Phi) is 8.63. The lowest BCUT2D eigenvalue weighted by molar-refractivity contribution is -0.101. The first-order valence-corrected chi connectivity index (χ1v) is 19.3. The molecule has 252 valence electrons. The average Bonchev–Trinajstić information content (AvgIpc) is 3.47. The van der Waals surface area contributed by atoms with Crippen molar-refractivity contribution in [3.8, 4) is 5.75 Å². The number of rotatable bonds is 2. The van der Waals surface area contributed by atoms with Gasteiger partial charge in [-0.3, -0.25) is 14.2 Å². The molecule has 3 heterocycles. The molecule has 2 N–H and O–H groups in total. The fraction of sp³-hybridized carbons (Fsp3) is 0.541. The molecule has 7 atom stereocenters. The van der Waals surface area contributed by atoms with Crippen molar-refractivity contribution in [2.24, 2.45) is 17.8 Å². The van der Waals surface area contributed by atoms with E-state index in [1.54, 1.807) is 12.3 Å². The zero-order valence-corrected chi connectivity index (χ0v) is 29.1. The van der Waals surface area contributed by atoms with Gasteiger partial charge in [-0.05, 0) is 123 Å². The van der Waals surface area contributed by atoms with E-state index in [9.17, 15) is 14.1 Å². The molecule has 1 saturated carbocycles. The van der Waals surface area contributed by atoms with Crippen LogP contribution in [0.15, 0.2) is 54.9 Å². The summed E-state index contributed by atoms with van der Waals surface area (Å²) in [7, 11) is -2.95. The molecule has 0 saturated heterocycles. The molecule has 2 aliphatic carbocycles. The highest BCUT2D eigenvalue weighted by atomic mass is 35.5. The van der Waals surface area contributed by atoms with Crippen LogP contribution in [-0.2, 0) is 28.1 Å². The van der Waals surface area contributed by atoms with Gasteiger partial charge in [0.2, 0.25) is 0 Å². The monoisotopic (exact) mass is 678 g/mol. The highest BCUT2D eigenvalue weighted by molar-refractivity contribution is 7.99. The highest BCUT2D eigenvalue weighted by Gasteiger charge is 2.49. The van der Waals surface area contributed by atoms with Crippen molar-refractivity contribution < 1.29 is 18.8 Å². The molecule has 4 aliphatic rings. The molecule has 3 aromatic rings. The molecule has 1 unspecified atom stereocenters. The fourth-order valence-corrected chi connectivity index (χ4v) is 10.4. The van der Waals surface area contributed by atoms with Crippen LogP contribution >= 0.6 is 11.6 Å². The van der Waals surface area contributed by atoms with Crippen LogP contribution in [-0.4, -0.2) is 61.4 Å². The minimum atomic E-state index is -2.95. The number of anilines is 1. The quantitative estimate of drug-likeness (QED) is 0.321. The van der Waals surface area contributed by atoms with Crippen LogP contribution in [0, 0.1) is 17.8 Å². The smallest absolute Gasteiger partial charge is 0.262 e. The van der Waals surface area contributed by atoms with Crippen molar-refractivity contribution >= 4 is 38.8 Å². The number of hydrogen-bond donors (Lipinski definition) is 2. The Morgan fingerprint density at radius 2 is 2.00 bits per heavy atom. The summed E-state index contributed by atoms with van der Waals surface area (Å²) in [6.45, 7) is 6.39. The van der Waals surface area contributed by atoms with Gasteiger partial charge >= 0.3 is 0 Å². The van der Waals surface area contributed by atoms with E-state index in [0.29, 0.717) is 25.1 Å². The van der Waals surface area contributed by atoms with E-state index in [1.807, 2.05) is 42.1 Å². The fourth-order valence-electron chi connectivity index (χ4n) is 8.74. The third-order valence-electron chi connectivity index (χ3n) is 11.8. The number of ether oxygens (including phenoxy) is 1. The van der Waals surface area contributed by atoms with Gasteiger partial charge in [0.05, 0.1) is 34.1 Å². The van der Waals surface area contributed by atoms with Crippen molar-refractivity contribution in [3.63, 3.8) is 0 Å². The van der Waals surface area contributed by atoms with Gasteiger partial charge in [0.15, 0.2) is 0 Å². The van der Waals surface area contributed by atoms with Crippen molar-refractivity contribution in [2.45, 2.75) is 88.0 Å². The minimum absolute atomic E-state index is 0.0414. The van der Waals surface area contributed by atoms with Gasteiger partial charge in [0.25, 0.3) is 5.91 Å². The summed E-state index contributed by atoms with van der Waals surface area (Å²) >= 11 is 6.46. The third kappa shape index (κ3) is 6.19. The standard InChI is InChI=1S/C37H47ClN4O4S/c1-25-7-4-16-37(44,23-42-18-6-17-39-42)32-12-9-29(32)21-41-22-36(15-5-8-27-19-30(38)11-13-31(27)36)24-46-34-14-10-28(20-33(34)41)35(43)40-47(3,45)26(25)2/h6,10-11,13-14,17-20,25-26,29,32,44H,3-5,7-9,12,15-16,21-24H2,1-2H3,(H,40,43,45)/t25-,26+,29-,32+,36-,37-,47?/m0/s1. The number of aliphatic hydroxyl groups is 1. The van der Waals surface area contributed by atoms with E-state index in [2.05, 4.69) is 39.6 Å². The maximum absolute atomic E-state index is 13.9. The average molecular weight is 679 g/mol. The molecule has 2 bridgehead atoms. The summed E-state index contributed by atoms with van der Waals surface area (Å²) < 4.78 is 25.2. The molecule has 0 radical (unpaired) electrons. The van der Waals surface area contributed by atoms with Crippen LogP contribution < -0.4 is 14.4 Å². The number of aromatic nitrogens is 2. The van der Waals surface area contributed by atoms with Gasteiger partial charge < -0.3 is 14.7 Å². The normalized spacial score (nSPS) is 34.3. The third-order valence-corrected chi connectivity index (χ3v) is 14.2. The Labute approximate surface area is 284 Å². The molecule has 2 aliphatic heterocycles. The largest absolute Gasteiger partial charge is 0.490 e. The molecule has 1 spiro atoms. The van der Waals surface area contributed by atoms with Crippen molar-refractivity contribution in [1.82, 2.24) is 14.5 Å². The van der Waals surface area contributed by atoms with E-state index < -0.39 is 15.3 Å². The number of fused-ring (bicyclic) bond motifs is 4. The number of carbonyl (C=O) groups excluding carboxylic acids is 1. The highest BCUT2D eigenvalue weighted by Crippen LogP contribution is 2.49. The summed E-state index contributed by atoms with van der Waals surface area (Å²) in [6, 6.07) is 13.7. The van der Waals surface area contributed by atoms with Crippen LogP contribution in [0.25, 0.3) is 0 Å². The maximum atomic E-state index is 13.9. The van der Waals surface area contributed by atoms with Crippen LogP contribution in [0.1, 0.15) is 80.3 Å². The Morgan fingerprint density at radius 1 is 1.15 bits per heavy atom. The lowest BCUT2D eigenvalue weighted by Crippen LogP contribution is -2.54. The van der Waals surface area contributed by atoms with Crippen molar-refractivity contribution in [3.05, 3.63) is 76.6 Å². The minimum Gasteiger partial charge on any atom is -0.490 e. The predicted molar refractivity (Wildman–Crippen MR) is 189 cm³/mol. The summed E-state index contributed by atoms with van der Waals surface area (Å²) in [6.07, 6.45) is 10.9. The Bertz CT molecular complexity index is 1750. The van der Waals surface area contributed by atoms with E-state index >= 15 is 0 Å². The molecule has 10 heteroatoms. The number of aryl methyl sites for hydroxylation is 1. The van der Waals surface area contributed by atoms with Gasteiger partial charge in [0, 0.05) is 46.7 Å². The number of nitrogens with one attached hydrogen (secondary N) is 1. The molecular formula is C37H47ClN4O4S. The van der Waals surface area contributed by atoms with Gasteiger partial charge in [-0.1, -0.05) is 31.0 Å². The van der Waals surface area contributed by atoms with E-state index in [1.165, 1.54) is 11.1 Å². The molecule has 1 aromatic heterocycles. The van der Waals surface area contributed by atoms with Gasteiger partial charge in [-0.2, -0.15) is 5.10 Å². The van der Waals surface area contributed by atoms with Gasteiger partial charge in [-0.25, -0.2) is 4.21 Å². The van der Waals surface area contributed by atoms with Crippen LogP contribution in [0.5, 0.6) is 5.75 Å². The molecule has 7 rings (SSSR count). The molecule has 47 heavy (non-hydrogen) atoms. The molecule has 2 aromatic carbocycles. The van der Waals surface area contributed by atoms with Crippen LogP contribution in [0.4, 0.5) is 5.69 Å². The first-order chi connectivity index (χ1) is 22.5. The Morgan fingerprint density at radius 3 is 2.77 bits per heavy atom. The number of carbonyl (C=O) groups is 1. The maximum Gasteiger partial charge on any atom is 0.262 e. The first-order valence-electron chi connectivity index (χ1n) is 17.2. The summed E-state index contributed by atoms with van der Waals surface area (Å²) in [5.41, 5.74) is 2.67. The predicted octanol–water partition coefficient (Wildman–Crippen LogP) is 6.04. The van der Waals surface area contributed by atoms with Gasteiger partial charge in [-0.15, -0.1) is 0 Å². The second-order valence-corrected chi connectivity index (χ2v) is 17.6. The van der Waals surface area contributed by atoms with E-state index in [4.69, 9.17) is 16.3 Å². The van der Waals surface area contributed by atoms with E-state index in [0.717, 1.165) is 74.5 Å². The van der Waals surface area contributed by atoms with Crippen LogP contribution in [0.3, 0.4) is 0 Å². The zero-order valence-electron chi connectivity index (χ0n) is 27.5. The lowest BCUT2D eigenvalue weighted by atomic mass is 9.62. The topological polar surface area (TPSA) is 96.7 Å². The lowest BCUT2D eigenvalue weighted by Gasteiger charge is -2.50. The van der Waals surface area contributed by atoms with Gasteiger partial charge in [0.1, 0.15) is 5.75 Å². The number of amides is 1. The SMILES string of the molecule is C=S1(=O)NC(=O)c2ccc3c(c2)N(C[C@@H]2CC[C@H]2[C@@](O)(Cn2cccn2)CCC[C@H](C)[C@H]1C)C[C@@]1(CCCc2cc(Cl)ccc21)CO3. The second kappa shape index (κ2) is 12.5. The number of halogens is 1. The van der Waals surface area contributed by atoms with Crippen LogP contribution in [0.2, 0.25) is 5.02 Å². The summed E-state index contributed by atoms with van der Waals surface area (Å²) in [5.74, 6) is 4.76. The molecule has 8 nitrogen and oxygen atoms in total. The molecule has 1 fully saturated rings. The molecule has 1 amide bonds. The summed E-state index contributed by atoms with van der Waals surface area (Å²) in [5, 5.41) is 17.4. The number of hydrogen-bond acceptors (Lipinski definition) is 6. The second-order valence-electron chi connectivity index (χ2n) is 14.8. The zero-order chi connectivity index (χ0) is 33.0. The van der Waals surface area contributed by atoms with E-state index in [-0.39, 0.29) is 34.3 Å². The Balaban J connectivity index is 1.31.